The molecular weight excluding hydrogens is 434 g/mol. The standard InChI is InChI=1S/C18H14BrN3O4S/c1-10-2-7-13(14(8-10)22(25)26)20-16(23)9-15-17(24)21-18(27-15)11-3-5-12(19)6-4-11/h2-8,15H,9H2,1H3,(H,20,23). The Balaban J connectivity index is 1.67. The number of hydrogen-bond donors (Lipinski definition) is 1. The first-order valence-corrected chi connectivity index (χ1v) is 9.61. The van der Waals surface area contributed by atoms with Crippen molar-refractivity contribution in [2.45, 2.75) is 18.6 Å². The molecule has 0 aliphatic carbocycles. The summed E-state index contributed by atoms with van der Waals surface area (Å²) in [6.45, 7) is 1.73. The normalized spacial score (nSPS) is 16.1. The van der Waals surface area contributed by atoms with Crippen molar-refractivity contribution >= 4 is 55.9 Å². The van der Waals surface area contributed by atoms with E-state index in [-0.39, 0.29) is 23.7 Å². The lowest BCUT2D eigenvalue weighted by Gasteiger charge is -2.09. The molecule has 9 heteroatoms. The maximum absolute atomic E-state index is 12.3. The largest absolute Gasteiger partial charge is 0.320 e. The summed E-state index contributed by atoms with van der Waals surface area (Å²) in [5, 5.41) is 13.6. The lowest BCUT2D eigenvalue weighted by molar-refractivity contribution is -0.384. The van der Waals surface area contributed by atoms with Gasteiger partial charge in [0.25, 0.3) is 11.6 Å². The van der Waals surface area contributed by atoms with Crippen LogP contribution in [0.5, 0.6) is 0 Å². The first-order chi connectivity index (χ1) is 12.8. The van der Waals surface area contributed by atoms with E-state index < -0.39 is 16.1 Å². The van der Waals surface area contributed by atoms with E-state index in [9.17, 15) is 19.7 Å². The van der Waals surface area contributed by atoms with Crippen molar-refractivity contribution < 1.29 is 14.5 Å². The van der Waals surface area contributed by atoms with Gasteiger partial charge < -0.3 is 5.32 Å². The molecule has 2 aromatic carbocycles. The number of amides is 2. The van der Waals surface area contributed by atoms with Crippen molar-refractivity contribution in [3.05, 3.63) is 68.2 Å². The number of thioether (sulfide) groups is 1. The summed E-state index contributed by atoms with van der Waals surface area (Å²) in [4.78, 5) is 39.1. The number of nitrogens with one attached hydrogen (secondary N) is 1. The van der Waals surface area contributed by atoms with Crippen molar-refractivity contribution in [3.63, 3.8) is 0 Å². The van der Waals surface area contributed by atoms with Gasteiger partial charge in [-0.05, 0) is 30.7 Å². The third-order valence-corrected chi connectivity index (χ3v) is 5.56. The molecule has 0 fully saturated rings. The van der Waals surface area contributed by atoms with E-state index in [0.717, 1.165) is 10.0 Å². The van der Waals surface area contributed by atoms with E-state index in [1.807, 2.05) is 24.3 Å². The van der Waals surface area contributed by atoms with Crippen molar-refractivity contribution in [1.82, 2.24) is 0 Å². The zero-order valence-corrected chi connectivity index (χ0v) is 16.5. The first kappa shape index (κ1) is 19.2. The molecule has 1 aliphatic rings. The number of hydrogen-bond acceptors (Lipinski definition) is 5. The monoisotopic (exact) mass is 447 g/mol. The number of rotatable bonds is 5. The van der Waals surface area contributed by atoms with Crippen molar-refractivity contribution in [3.8, 4) is 0 Å². The summed E-state index contributed by atoms with van der Waals surface area (Å²) in [6.07, 6.45) is -0.113. The van der Waals surface area contributed by atoms with Gasteiger partial charge in [0.05, 0.1) is 4.92 Å². The Morgan fingerprint density at radius 3 is 2.67 bits per heavy atom. The second-order valence-corrected chi connectivity index (χ2v) is 8.01. The molecule has 0 spiro atoms. The minimum absolute atomic E-state index is 0.111. The molecule has 1 atom stereocenters. The van der Waals surface area contributed by atoms with Crippen LogP contribution in [0, 0.1) is 17.0 Å². The Kier molecular flexibility index (Phi) is 5.71. The number of carbonyl (C=O) groups is 2. The van der Waals surface area contributed by atoms with Gasteiger partial charge in [0, 0.05) is 22.5 Å². The quantitative estimate of drug-likeness (QED) is 0.549. The SMILES string of the molecule is Cc1ccc(NC(=O)CC2SC(c3ccc(Br)cc3)=NC2=O)c([N+](=O)[O-])c1. The number of aryl methyl sites for hydroxylation is 1. The van der Waals surface area contributed by atoms with Crippen LogP contribution in [-0.2, 0) is 9.59 Å². The van der Waals surface area contributed by atoms with Crippen LogP contribution in [-0.4, -0.2) is 27.0 Å². The predicted octanol–water partition coefficient (Wildman–Crippen LogP) is 4.08. The number of nitro benzene ring substituents is 1. The second kappa shape index (κ2) is 8.01. The van der Waals surface area contributed by atoms with Crippen LogP contribution in [0.25, 0.3) is 0 Å². The molecule has 3 rings (SSSR count). The second-order valence-electron chi connectivity index (χ2n) is 5.90. The molecule has 0 saturated carbocycles. The van der Waals surface area contributed by atoms with Crippen LogP contribution in [0.1, 0.15) is 17.5 Å². The molecule has 2 amide bonds. The fraction of sp³-hybridized carbons (Fsp3) is 0.167. The molecular formula is C18H14BrN3O4S. The minimum atomic E-state index is -0.645. The average Bonchev–Trinajstić information content (AvgIpc) is 2.97. The van der Waals surface area contributed by atoms with Gasteiger partial charge >= 0.3 is 0 Å². The third kappa shape index (κ3) is 4.61. The van der Waals surface area contributed by atoms with Crippen molar-refractivity contribution in [2.24, 2.45) is 4.99 Å². The summed E-state index contributed by atoms with van der Waals surface area (Å²) in [5.41, 5.74) is 1.45. The van der Waals surface area contributed by atoms with Crippen LogP contribution in [0.3, 0.4) is 0 Å². The molecule has 0 aromatic heterocycles. The van der Waals surface area contributed by atoms with E-state index in [1.165, 1.54) is 23.9 Å². The molecule has 1 aliphatic heterocycles. The molecule has 1 heterocycles. The predicted molar refractivity (Wildman–Crippen MR) is 108 cm³/mol. The van der Waals surface area contributed by atoms with Crippen molar-refractivity contribution in [2.75, 3.05) is 5.32 Å². The number of nitrogens with zero attached hydrogens (tertiary/aromatic N) is 2. The fourth-order valence-corrected chi connectivity index (χ4v) is 3.84. The summed E-state index contributed by atoms with van der Waals surface area (Å²) in [7, 11) is 0. The lowest BCUT2D eigenvalue weighted by Crippen LogP contribution is -2.21. The number of carbonyl (C=O) groups excluding carboxylic acids is 2. The highest BCUT2D eigenvalue weighted by Crippen LogP contribution is 2.31. The molecule has 7 nitrogen and oxygen atoms in total. The molecule has 2 aromatic rings. The van der Waals surface area contributed by atoms with Crippen LogP contribution in [0.15, 0.2) is 51.9 Å². The van der Waals surface area contributed by atoms with E-state index in [4.69, 9.17) is 0 Å². The van der Waals surface area contributed by atoms with Crippen molar-refractivity contribution in [1.29, 1.82) is 0 Å². The van der Waals surface area contributed by atoms with Gasteiger partial charge in [-0.1, -0.05) is 45.9 Å². The van der Waals surface area contributed by atoms with Crippen LogP contribution in [0.2, 0.25) is 0 Å². The summed E-state index contributed by atoms with van der Waals surface area (Å²) < 4.78 is 0.914. The Morgan fingerprint density at radius 2 is 2.00 bits per heavy atom. The van der Waals surface area contributed by atoms with Gasteiger partial charge in [0.15, 0.2) is 0 Å². The lowest BCUT2D eigenvalue weighted by atomic mass is 10.2. The number of halogens is 1. The smallest absolute Gasteiger partial charge is 0.293 e. The highest BCUT2D eigenvalue weighted by atomic mass is 79.9. The number of nitro groups is 1. The van der Waals surface area contributed by atoms with Crippen LogP contribution in [0.4, 0.5) is 11.4 Å². The van der Waals surface area contributed by atoms with Gasteiger partial charge in [-0.3, -0.25) is 19.7 Å². The minimum Gasteiger partial charge on any atom is -0.320 e. The number of aliphatic imine (C=N–C) groups is 1. The molecule has 1 unspecified atom stereocenters. The molecule has 0 saturated heterocycles. The Bertz CT molecular complexity index is 960. The topological polar surface area (TPSA) is 102 Å². The number of anilines is 1. The van der Waals surface area contributed by atoms with E-state index in [1.54, 1.807) is 13.0 Å². The average molecular weight is 448 g/mol. The van der Waals surface area contributed by atoms with Gasteiger partial charge in [-0.15, -0.1) is 0 Å². The first-order valence-electron chi connectivity index (χ1n) is 7.93. The highest BCUT2D eigenvalue weighted by Gasteiger charge is 2.31. The zero-order valence-electron chi connectivity index (χ0n) is 14.1. The summed E-state index contributed by atoms with van der Waals surface area (Å²) in [5.74, 6) is -0.855. The molecule has 138 valence electrons. The third-order valence-electron chi connectivity index (χ3n) is 3.83. The maximum atomic E-state index is 12.3. The van der Waals surface area contributed by atoms with Gasteiger partial charge in [0.2, 0.25) is 5.91 Å². The molecule has 0 radical (unpaired) electrons. The number of benzene rings is 2. The molecule has 27 heavy (non-hydrogen) atoms. The van der Waals surface area contributed by atoms with Gasteiger partial charge in [-0.25, -0.2) is 4.99 Å². The van der Waals surface area contributed by atoms with Gasteiger partial charge in [0.1, 0.15) is 16.0 Å². The summed E-state index contributed by atoms with van der Waals surface area (Å²) in [6, 6.07) is 11.9. The maximum Gasteiger partial charge on any atom is 0.293 e. The Morgan fingerprint density at radius 1 is 1.30 bits per heavy atom. The summed E-state index contributed by atoms with van der Waals surface area (Å²) >= 11 is 4.57. The van der Waals surface area contributed by atoms with E-state index in [0.29, 0.717) is 10.6 Å². The van der Waals surface area contributed by atoms with E-state index in [2.05, 4.69) is 26.2 Å². The Labute approximate surface area is 167 Å². The van der Waals surface area contributed by atoms with Crippen LogP contribution >= 0.6 is 27.7 Å². The van der Waals surface area contributed by atoms with Gasteiger partial charge in [-0.2, -0.15) is 0 Å². The molecule has 0 bridgehead atoms. The fourth-order valence-electron chi connectivity index (χ4n) is 2.51. The Hall–Kier alpha value is -2.52. The highest BCUT2D eigenvalue weighted by molar-refractivity contribution is 9.10. The van der Waals surface area contributed by atoms with Crippen LogP contribution < -0.4 is 5.32 Å². The van der Waals surface area contributed by atoms with E-state index >= 15 is 0 Å². The zero-order chi connectivity index (χ0) is 19.6. The molecule has 1 N–H and O–H groups in total.